The Bertz CT molecular complexity index is 1300. The van der Waals surface area contributed by atoms with Crippen LogP contribution < -0.4 is 0 Å². The number of carbonyl (C=O) groups is 1. The SMILES string of the molecule is O=C(O)c1ccc(-c2nn(Cc3c(Cl)cccc3C(F)(F)F)c3cc(Br)ccc23)cc1. The molecule has 0 fully saturated rings. The summed E-state index contributed by atoms with van der Waals surface area (Å²) in [6.45, 7) is -0.186. The van der Waals surface area contributed by atoms with Crippen molar-refractivity contribution >= 4 is 44.4 Å². The van der Waals surface area contributed by atoms with Crippen LogP contribution in [0.25, 0.3) is 22.2 Å². The Morgan fingerprint density at radius 2 is 1.81 bits per heavy atom. The second-order valence-electron chi connectivity index (χ2n) is 6.81. The Hall–Kier alpha value is -2.84. The molecule has 4 rings (SSSR count). The largest absolute Gasteiger partial charge is 0.478 e. The monoisotopic (exact) mass is 508 g/mol. The number of carboxylic acid groups (broad SMARTS) is 1. The van der Waals surface area contributed by atoms with Crippen molar-refractivity contribution in [2.24, 2.45) is 0 Å². The van der Waals surface area contributed by atoms with E-state index in [1.807, 2.05) is 0 Å². The Kier molecular flexibility index (Phi) is 5.53. The van der Waals surface area contributed by atoms with E-state index < -0.39 is 17.7 Å². The number of aromatic carboxylic acids is 1. The predicted molar refractivity (Wildman–Crippen MR) is 115 cm³/mol. The molecule has 0 saturated heterocycles. The number of nitrogens with zero attached hydrogens (tertiary/aromatic N) is 2. The van der Waals surface area contributed by atoms with Gasteiger partial charge >= 0.3 is 12.1 Å². The fraction of sp³-hybridized carbons (Fsp3) is 0.0909. The molecule has 1 heterocycles. The Balaban J connectivity index is 1.87. The number of halogens is 5. The van der Waals surface area contributed by atoms with Crippen molar-refractivity contribution < 1.29 is 23.1 Å². The average Bonchev–Trinajstić information content (AvgIpc) is 3.06. The van der Waals surface area contributed by atoms with Gasteiger partial charge < -0.3 is 5.11 Å². The zero-order valence-corrected chi connectivity index (χ0v) is 18.0. The molecule has 0 aliphatic carbocycles. The van der Waals surface area contributed by atoms with Gasteiger partial charge in [0.2, 0.25) is 0 Å². The number of fused-ring (bicyclic) bond motifs is 1. The lowest BCUT2D eigenvalue weighted by molar-refractivity contribution is -0.138. The first-order valence-corrected chi connectivity index (χ1v) is 10.2. The Labute approximate surface area is 188 Å². The van der Waals surface area contributed by atoms with Crippen molar-refractivity contribution in [1.82, 2.24) is 9.78 Å². The van der Waals surface area contributed by atoms with E-state index in [2.05, 4.69) is 21.0 Å². The molecule has 4 nitrogen and oxygen atoms in total. The molecule has 0 unspecified atom stereocenters. The van der Waals surface area contributed by atoms with Crippen LogP contribution in [0.5, 0.6) is 0 Å². The van der Waals surface area contributed by atoms with Crippen LogP contribution in [0.4, 0.5) is 13.2 Å². The highest BCUT2D eigenvalue weighted by molar-refractivity contribution is 9.10. The van der Waals surface area contributed by atoms with E-state index in [0.717, 1.165) is 10.5 Å². The molecule has 9 heteroatoms. The van der Waals surface area contributed by atoms with Gasteiger partial charge in [0.05, 0.1) is 23.2 Å². The van der Waals surface area contributed by atoms with E-state index in [-0.39, 0.29) is 22.7 Å². The van der Waals surface area contributed by atoms with Gasteiger partial charge in [-0.3, -0.25) is 4.68 Å². The van der Waals surface area contributed by atoms with Crippen LogP contribution in [0.1, 0.15) is 21.5 Å². The lowest BCUT2D eigenvalue weighted by Gasteiger charge is -2.15. The number of rotatable bonds is 4. The highest BCUT2D eigenvalue weighted by Gasteiger charge is 2.34. The minimum atomic E-state index is -4.56. The minimum Gasteiger partial charge on any atom is -0.478 e. The average molecular weight is 510 g/mol. The maximum absolute atomic E-state index is 13.5. The summed E-state index contributed by atoms with van der Waals surface area (Å²) in [5.41, 5.74) is 1.02. The minimum absolute atomic E-state index is 0.000771. The first kappa shape index (κ1) is 21.4. The molecule has 1 N–H and O–H groups in total. The quantitative estimate of drug-likeness (QED) is 0.326. The number of hydrogen-bond acceptors (Lipinski definition) is 2. The molecule has 4 aromatic rings. The third kappa shape index (κ3) is 4.18. The molecule has 0 saturated carbocycles. The molecule has 0 bridgehead atoms. The molecule has 31 heavy (non-hydrogen) atoms. The molecular weight excluding hydrogens is 497 g/mol. The zero-order chi connectivity index (χ0) is 22.3. The molecule has 0 radical (unpaired) electrons. The van der Waals surface area contributed by atoms with Gasteiger partial charge in [-0.1, -0.05) is 45.7 Å². The summed E-state index contributed by atoms with van der Waals surface area (Å²) in [4.78, 5) is 11.1. The van der Waals surface area contributed by atoms with Crippen LogP contribution >= 0.6 is 27.5 Å². The molecule has 0 amide bonds. The Morgan fingerprint density at radius 3 is 2.45 bits per heavy atom. The van der Waals surface area contributed by atoms with E-state index in [4.69, 9.17) is 16.7 Å². The summed E-state index contributed by atoms with van der Waals surface area (Å²) in [5, 5.41) is 14.4. The molecule has 1 aromatic heterocycles. The Morgan fingerprint density at radius 1 is 1.10 bits per heavy atom. The summed E-state index contributed by atoms with van der Waals surface area (Å²) < 4.78 is 42.8. The molecule has 0 spiro atoms. The maximum atomic E-state index is 13.5. The highest BCUT2D eigenvalue weighted by atomic mass is 79.9. The molecule has 3 aromatic carbocycles. The smallest absolute Gasteiger partial charge is 0.416 e. The van der Waals surface area contributed by atoms with Gasteiger partial charge in [0.15, 0.2) is 0 Å². The number of aromatic nitrogens is 2. The van der Waals surface area contributed by atoms with E-state index in [1.165, 1.54) is 28.9 Å². The van der Waals surface area contributed by atoms with Gasteiger partial charge in [0.1, 0.15) is 5.69 Å². The molecule has 0 aliphatic rings. The van der Waals surface area contributed by atoms with Crippen LogP contribution in [0, 0.1) is 0 Å². The lowest BCUT2D eigenvalue weighted by Crippen LogP contribution is -2.13. The summed E-state index contributed by atoms with van der Waals surface area (Å²) >= 11 is 9.52. The second-order valence-corrected chi connectivity index (χ2v) is 8.14. The second kappa shape index (κ2) is 8.01. The van der Waals surface area contributed by atoms with Gasteiger partial charge in [-0.15, -0.1) is 0 Å². The van der Waals surface area contributed by atoms with Crippen LogP contribution in [-0.2, 0) is 12.7 Å². The summed E-state index contributed by atoms with van der Waals surface area (Å²) in [6.07, 6.45) is -4.56. The van der Waals surface area contributed by atoms with Crippen molar-refractivity contribution in [2.45, 2.75) is 12.7 Å². The lowest BCUT2D eigenvalue weighted by atomic mass is 10.1. The molecule has 0 aliphatic heterocycles. The first-order valence-electron chi connectivity index (χ1n) is 8.99. The van der Waals surface area contributed by atoms with Crippen molar-refractivity contribution in [3.05, 3.63) is 86.8 Å². The third-order valence-corrected chi connectivity index (χ3v) is 5.70. The van der Waals surface area contributed by atoms with Crippen LogP contribution in [-0.4, -0.2) is 20.9 Å². The fourth-order valence-electron chi connectivity index (χ4n) is 3.39. The standard InChI is InChI=1S/C22H13BrClF3N2O2/c23-14-8-9-15-19(10-14)29(11-16-17(22(25,26)27)2-1-3-18(16)24)28-20(15)12-4-6-13(7-5-12)21(30)31/h1-10H,11H2,(H,30,31). The van der Waals surface area contributed by atoms with Crippen molar-refractivity contribution in [3.63, 3.8) is 0 Å². The van der Waals surface area contributed by atoms with Crippen molar-refractivity contribution in [2.75, 3.05) is 0 Å². The molecule has 0 atom stereocenters. The number of hydrogen-bond donors (Lipinski definition) is 1. The summed E-state index contributed by atoms with van der Waals surface area (Å²) in [5.74, 6) is -1.05. The number of carboxylic acids is 1. The van der Waals surface area contributed by atoms with Crippen LogP contribution in [0.2, 0.25) is 5.02 Å². The summed E-state index contributed by atoms with van der Waals surface area (Å²) in [7, 11) is 0. The van der Waals surface area contributed by atoms with E-state index in [1.54, 1.807) is 30.3 Å². The van der Waals surface area contributed by atoms with Gasteiger partial charge in [0, 0.05) is 26.0 Å². The maximum Gasteiger partial charge on any atom is 0.416 e. The van der Waals surface area contributed by atoms with Crippen LogP contribution in [0.3, 0.4) is 0 Å². The topological polar surface area (TPSA) is 55.1 Å². The molecular formula is C22H13BrClF3N2O2. The van der Waals surface area contributed by atoms with Crippen molar-refractivity contribution in [3.8, 4) is 11.3 Å². The number of alkyl halides is 3. The third-order valence-electron chi connectivity index (χ3n) is 4.85. The van der Waals surface area contributed by atoms with Crippen LogP contribution in [0.15, 0.2) is 65.1 Å². The normalized spacial score (nSPS) is 11.8. The number of benzene rings is 3. The first-order chi connectivity index (χ1) is 14.6. The van der Waals surface area contributed by atoms with E-state index >= 15 is 0 Å². The fourth-order valence-corrected chi connectivity index (χ4v) is 3.97. The van der Waals surface area contributed by atoms with E-state index in [9.17, 15) is 18.0 Å². The zero-order valence-electron chi connectivity index (χ0n) is 15.6. The van der Waals surface area contributed by atoms with Gasteiger partial charge in [-0.05, 0) is 42.5 Å². The predicted octanol–water partition coefficient (Wildman–Crippen LogP) is 6.88. The van der Waals surface area contributed by atoms with Gasteiger partial charge in [-0.25, -0.2) is 4.79 Å². The van der Waals surface area contributed by atoms with Crippen molar-refractivity contribution in [1.29, 1.82) is 0 Å². The molecule has 158 valence electrons. The highest BCUT2D eigenvalue weighted by Crippen LogP contribution is 2.37. The van der Waals surface area contributed by atoms with Gasteiger partial charge in [-0.2, -0.15) is 18.3 Å². The van der Waals surface area contributed by atoms with Gasteiger partial charge in [0.25, 0.3) is 0 Å². The summed E-state index contributed by atoms with van der Waals surface area (Å²) in [6, 6.07) is 15.2. The van der Waals surface area contributed by atoms with E-state index in [0.29, 0.717) is 22.2 Å².